The molecule has 0 heterocycles. The molecule has 0 radical (unpaired) electrons. The highest BCUT2D eigenvalue weighted by Crippen LogP contribution is 2.21. The highest BCUT2D eigenvalue weighted by molar-refractivity contribution is 5.98. The molecule has 0 aromatic heterocycles. The Morgan fingerprint density at radius 3 is 2.41 bits per heavy atom. The highest BCUT2D eigenvalue weighted by atomic mass is 16.2. The summed E-state index contributed by atoms with van der Waals surface area (Å²) in [5, 5.41) is 5.93. The molecule has 2 aromatic carbocycles. The molecule has 3 rings (SSSR count). The van der Waals surface area contributed by atoms with Gasteiger partial charge in [-0.2, -0.15) is 0 Å². The number of nitrogens with one attached hydrogen (secondary N) is 2. The van der Waals surface area contributed by atoms with E-state index in [2.05, 4.69) is 29.7 Å². The van der Waals surface area contributed by atoms with Crippen LogP contribution in [0, 0.1) is 6.92 Å². The second-order valence-corrected chi connectivity index (χ2v) is 7.42. The average molecular weight is 364 g/mol. The summed E-state index contributed by atoms with van der Waals surface area (Å²) < 4.78 is 0. The van der Waals surface area contributed by atoms with Crippen molar-refractivity contribution in [3.05, 3.63) is 64.7 Å². The third-order valence-corrected chi connectivity index (χ3v) is 4.89. The number of unbranched alkanes of at least 4 members (excludes halogenated alkanes) is 1. The molecular weight excluding hydrogens is 336 g/mol. The Hall–Kier alpha value is -2.62. The summed E-state index contributed by atoms with van der Waals surface area (Å²) >= 11 is 0. The quantitative estimate of drug-likeness (QED) is 0.729. The number of carbonyl (C=O) groups is 2. The molecule has 2 aromatic rings. The minimum atomic E-state index is -0.0735. The predicted molar refractivity (Wildman–Crippen MR) is 109 cm³/mol. The predicted octanol–water partition coefficient (Wildman–Crippen LogP) is 4.41. The normalized spacial score (nSPS) is 13.3. The molecule has 2 amide bonds. The van der Waals surface area contributed by atoms with Crippen LogP contribution in [0.1, 0.15) is 59.7 Å². The van der Waals surface area contributed by atoms with Gasteiger partial charge in [-0.1, -0.05) is 43.7 Å². The number of hydrogen-bond acceptors (Lipinski definition) is 2. The first-order valence-corrected chi connectivity index (χ1v) is 9.84. The Bertz CT molecular complexity index is 808. The SMILES string of the molecule is CCCCc1ccc(CC(=O)Nc2cc(C(=O)NC3CC3)ccc2C)cc1. The van der Waals surface area contributed by atoms with Crippen molar-refractivity contribution in [3.8, 4) is 0 Å². The van der Waals surface area contributed by atoms with Gasteiger partial charge in [0.25, 0.3) is 5.91 Å². The number of aryl methyl sites for hydroxylation is 2. The molecule has 1 aliphatic rings. The van der Waals surface area contributed by atoms with E-state index >= 15 is 0 Å². The number of amides is 2. The van der Waals surface area contributed by atoms with Crippen molar-refractivity contribution >= 4 is 17.5 Å². The van der Waals surface area contributed by atoms with E-state index < -0.39 is 0 Å². The largest absolute Gasteiger partial charge is 0.349 e. The Kier molecular flexibility index (Phi) is 6.28. The van der Waals surface area contributed by atoms with E-state index in [0.29, 0.717) is 23.7 Å². The number of carbonyl (C=O) groups excluding carboxylic acids is 2. The van der Waals surface area contributed by atoms with Crippen molar-refractivity contribution in [1.29, 1.82) is 0 Å². The first-order chi connectivity index (χ1) is 13.0. The lowest BCUT2D eigenvalue weighted by Crippen LogP contribution is -2.25. The number of rotatable bonds is 8. The second-order valence-electron chi connectivity index (χ2n) is 7.42. The second kappa shape index (κ2) is 8.85. The maximum atomic E-state index is 12.4. The van der Waals surface area contributed by atoms with Gasteiger partial charge in [-0.3, -0.25) is 9.59 Å². The van der Waals surface area contributed by atoms with Crippen molar-refractivity contribution in [2.45, 2.75) is 58.4 Å². The summed E-state index contributed by atoms with van der Waals surface area (Å²) in [6.45, 7) is 4.12. The summed E-state index contributed by atoms with van der Waals surface area (Å²) in [5.41, 5.74) is 4.53. The smallest absolute Gasteiger partial charge is 0.251 e. The van der Waals surface area contributed by atoms with Gasteiger partial charge in [0.2, 0.25) is 5.91 Å². The van der Waals surface area contributed by atoms with E-state index in [-0.39, 0.29) is 11.8 Å². The summed E-state index contributed by atoms with van der Waals surface area (Å²) in [5.74, 6) is -0.144. The van der Waals surface area contributed by atoms with Crippen molar-refractivity contribution in [1.82, 2.24) is 5.32 Å². The molecule has 0 atom stereocenters. The van der Waals surface area contributed by atoms with Gasteiger partial charge < -0.3 is 10.6 Å². The van der Waals surface area contributed by atoms with Crippen LogP contribution >= 0.6 is 0 Å². The molecule has 1 saturated carbocycles. The molecule has 142 valence electrons. The summed E-state index contributed by atoms with van der Waals surface area (Å²) in [4.78, 5) is 24.7. The zero-order valence-corrected chi connectivity index (χ0v) is 16.2. The van der Waals surface area contributed by atoms with Crippen molar-refractivity contribution in [2.75, 3.05) is 5.32 Å². The standard InChI is InChI=1S/C23H28N2O2/c1-3-4-5-17-7-9-18(10-8-17)14-22(26)25-21-15-19(11-6-16(21)2)23(27)24-20-12-13-20/h6-11,15,20H,3-5,12-14H2,1-2H3,(H,24,27)(H,25,26). The lowest BCUT2D eigenvalue weighted by atomic mass is 10.0. The van der Waals surface area contributed by atoms with Crippen LogP contribution in [-0.2, 0) is 17.6 Å². The van der Waals surface area contributed by atoms with E-state index in [4.69, 9.17) is 0 Å². The number of hydrogen-bond donors (Lipinski definition) is 2. The molecule has 4 nitrogen and oxygen atoms in total. The molecule has 1 fully saturated rings. The zero-order valence-electron chi connectivity index (χ0n) is 16.2. The topological polar surface area (TPSA) is 58.2 Å². The van der Waals surface area contributed by atoms with Crippen LogP contribution in [0.3, 0.4) is 0 Å². The van der Waals surface area contributed by atoms with Crippen LogP contribution in [0.5, 0.6) is 0 Å². The monoisotopic (exact) mass is 364 g/mol. The van der Waals surface area contributed by atoms with Crippen molar-refractivity contribution in [2.24, 2.45) is 0 Å². The maximum absolute atomic E-state index is 12.4. The Labute approximate surface area is 161 Å². The summed E-state index contributed by atoms with van der Waals surface area (Å²) in [6.07, 6.45) is 5.88. The minimum Gasteiger partial charge on any atom is -0.349 e. The lowest BCUT2D eigenvalue weighted by molar-refractivity contribution is -0.115. The molecule has 0 saturated heterocycles. The van der Waals surface area contributed by atoms with Crippen LogP contribution in [0.15, 0.2) is 42.5 Å². The van der Waals surface area contributed by atoms with Gasteiger partial charge in [0.15, 0.2) is 0 Å². The highest BCUT2D eigenvalue weighted by Gasteiger charge is 2.24. The van der Waals surface area contributed by atoms with Crippen LogP contribution in [0.25, 0.3) is 0 Å². The minimum absolute atomic E-state index is 0.0702. The van der Waals surface area contributed by atoms with Gasteiger partial charge in [0.05, 0.1) is 6.42 Å². The molecular formula is C23H28N2O2. The van der Waals surface area contributed by atoms with Crippen LogP contribution < -0.4 is 10.6 Å². The van der Waals surface area contributed by atoms with Gasteiger partial charge in [0.1, 0.15) is 0 Å². The third kappa shape index (κ3) is 5.68. The maximum Gasteiger partial charge on any atom is 0.251 e. The average Bonchev–Trinajstić information content (AvgIpc) is 3.47. The van der Waals surface area contributed by atoms with E-state index in [1.165, 1.54) is 18.4 Å². The number of anilines is 1. The third-order valence-electron chi connectivity index (χ3n) is 4.89. The van der Waals surface area contributed by atoms with E-state index in [1.54, 1.807) is 12.1 Å². The molecule has 0 unspecified atom stereocenters. The first-order valence-electron chi connectivity index (χ1n) is 9.84. The zero-order chi connectivity index (χ0) is 19.2. The van der Waals surface area contributed by atoms with E-state index in [9.17, 15) is 9.59 Å². The Morgan fingerprint density at radius 2 is 1.74 bits per heavy atom. The van der Waals surface area contributed by atoms with Gasteiger partial charge in [-0.15, -0.1) is 0 Å². The molecule has 0 bridgehead atoms. The molecule has 0 spiro atoms. The van der Waals surface area contributed by atoms with Crippen molar-refractivity contribution < 1.29 is 9.59 Å². The Morgan fingerprint density at radius 1 is 1.04 bits per heavy atom. The van der Waals surface area contributed by atoms with E-state index in [1.807, 2.05) is 25.1 Å². The Balaban J connectivity index is 1.60. The molecule has 27 heavy (non-hydrogen) atoms. The fourth-order valence-electron chi connectivity index (χ4n) is 2.98. The van der Waals surface area contributed by atoms with Crippen LogP contribution in [0.2, 0.25) is 0 Å². The first kappa shape index (κ1) is 19.2. The van der Waals surface area contributed by atoms with Crippen LogP contribution in [-0.4, -0.2) is 17.9 Å². The van der Waals surface area contributed by atoms with Gasteiger partial charge in [-0.25, -0.2) is 0 Å². The molecule has 2 N–H and O–H groups in total. The van der Waals surface area contributed by atoms with E-state index in [0.717, 1.165) is 30.4 Å². The molecule has 0 aliphatic heterocycles. The number of benzene rings is 2. The van der Waals surface area contributed by atoms with Gasteiger partial charge in [-0.05, 0) is 61.4 Å². The molecule has 4 heteroatoms. The van der Waals surface area contributed by atoms with Crippen LogP contribution in [0.4, 0.5) is 5.69 Å². The fraction of sp³-hybridized carbons (Fsp3) is 0.391. The van der Waals surface area contributed by atoms with Crippen molar-refractivity contribution in [3.63, 3.8) is 0 Å². The van der Waals surface area contributed by atoms with Gasteiger partial charge in [0, 0.05) is 17.3 Å². The van der Waals surface area contributed by atoms with Gasteiger partial charge >= 0.3 is 0 Å². The lowest BCUT2D eigenvalue weighted by Gasteiger charge is -2.11. The molecule has 1 aliphatic carbocycles. The fourth-order valence-corrected chi connectivity index (χ4v) is 2.98. The summed E-state index contributed by atoms with van der Waals surface area (Å²) in [6, 6.07) is 14.0. The summed E-state index contributed by atoms with van der Waals surface area (Å²) in [7, 11) is 0.